The van der Waals surface area contributed by atoms with Crippen molar-refractivity contribution in [3.63, 3.8) is 0 Å². The molecule has 4 heteroatoms. The van der Waals surface area contributed by atoms with Crippen LogP contribution >= 0.6 is 0 Å². The van der Waals surface area contributed by atoms with Gasteiger partial charge in [0.2, 0.25) is 0 Å². The third-order valence-electron chi connectivity index (χ3n) is 3.28. The Hall–Kier alpha value is -1.55. The molecule has 0 aromatic heterocycles. The summed E-state index contributed by atoms with van der Waals surface area (Å²) in [6.45, 7) is 0.530. The first-order valence-corrected chi connectivity index (χ1v) is 6.50. The van der Waals surface area contributed by atoms with Crippen LogP contribution in [0, 0.1) is 0 Å². The molecule has 2 amide bonds. The maximum atomic E-state index is 11.7. The highest BCUT2D eigenvalue weighted by Crippen LogP contribution is 2.18. The molecule has 0 radical (unpaired) electrons. The SMILES string of the molecule is O=C(NCc1ccccc1)N[C@@H]1CCC[C@@H](O)C1. The van der Waals surface area contributed by atoms with Crippen molar-refractivity contribution in [2.75, 3.05) is 0 Å². The Morgan fingerprint density at radius 1 is 1.28 bits per heavy atom. The van der Waals surface area contributed by atoms with Gasteiger partial charge in [-0.25, -0.2) is 4.79 Å². The summed E-state index contributed by atoms with van der Waals surface area (Å²) >= 11 is 0. The van der Waals surface area contributed by atoms with Gasteiger partial charge in [0.1, 0.15) is 0 Å². The number of hydrogen-bond acceptors (Lipinski definition) is 2. The smallest absolute Gasteiger partial charge is 0.315 e. The lowest BCUT2D eigenvalue weighted by Gasteiger charge is -2.26. The van der Waals surface area contributed by atoms with Gasteiger partial charge in [-0.15, -0.1) is 0 Å². The van der Waals surface area contributed by atoms with Gasteiger partial charge in [0.25, 0.3) is 0 Å². The Bertz CT molecular complexity index is 381. The van der Waals surface area contributed by atoms with Crippen molar-refractivity contribution < 1.29 is 9.90 Å². The van der Waals surface area contributed by atoms with Crippen LogP contribution in [0.15, 0.2) is 30.3 Å². The van der Waals surface area contributed by atoms with Gasteiger partial charge in [-0.1, -0.05) is 30.3 Å². The van der Waals surface area contributed by atoms with Gasteiger partial charge in [0, 0.05) is 12.6 Å². The summed E-state index contributed by atoms with van der Waals surface area (Å²) in [5, 5.41) is 15.3. The van der Waals surface area contributed by atoms with E-state index in [1.807, 2.05) is 30.3 Å². The van der Waals surface area contributed by atoms with E-state index in [1.165, 1.54) is 0 Å². The Balaban J connectivity index is 1.72. The minimum Gasteiger partial charge on any atom is -0.393 e. The van der Waals surface area contributed by atoms with Crippen molar-refractivity contribution in [2.45, 2.75) is 44.4 Å². The third kappa shape index (κ3) is 4.04. The van der Waals surface area contributed by atoms with Crippen molar-refractivity contribution >= 4 is 6.03 Å². The van der Waals surface area contributed by atoms with Crippen molar-refractivity contribution in [3.05, 3.63) is 35.9 Å². The van der Waals surface area contributed by atoms with E-state index < -0.39 is 0 Å². The first kappa shape index (κ1) is 12.9. The largest absolute Gasteiger partial charge is 0.393 e. The molecule has 0 spiro atoms. The summed E-state index contributed by atoms with van der Waals surface area (Å²) in [7, 11) is 0. The molecule has 1 aliphatic rings. The van der Waals surface area contributed by atoms with Gasteiger partial charge in [-0.05, 0) is 31.2 Å². The number of nitrogens with one attached hydrogen (secondary N) is 2. The first-order valence-electron chi connectivity index (χ1n) is 6.50. The number of carbonyl (C=O) groups excluding carboxylic acids is 1. The van der Waals surface area contributed by atoms with E-state index in [2.05, 4.69) is 10.6 Å². The first-order chi connectivity index (χ1) is 8.74. The molecule has 98 valence electrons. The number of benzene rings is 1. The highest BCUT2D eigenvalue weighted by atomic mass is 16.3. The fourth-order valence-electron chi connectivity index (χ4n) is 2.31. The molecule has 0 aliphatic heterocycles. The Kier molecular flexibility index (Phi) is 4.59. The fraction of sp³-hybridized carbons (Fsp3) is 0.500. The topological polar surface area (TPSA) is 61.4 Å². The van der Waals surface area contributed by atoms with Crippen LogP contribution in [0.3, 0.4) is 0 Å². The Morgan fingerprint density at radius 2 is 2.06 bits per heavy atom. The molecule has 2 atom stereocenters. The van der Waals surface area contributed by atoms with E-state index in [0.29, 0.717) is 13.0 Å². The molecule has 3 N–H and O–H groups in total. The van der Waals surface area contributed by atoms with E-state index in [-0.39, 0.29) is 18.2 Å². The highest BCUT2D eigenvalue weighted by molar-refractivity contribution is 5.74. The molecule has 0 heterocycles. The van der Waals surface area contributed by atoms with Crippen LogP contribution in [-0.4, -0.2) is 23.3 Å². The summed E-state index contributed by atoms with van der Waals surface area (Å²) < 4.78 is 0. The summed E-state index contributed by atoms with van der Waals surface area (Å²) in [5.41, 5.74) is 1.08. The predicted octanol–water partition coefficient (Wildman–Crippen LogP) is 1.79. The van der Waals surface area contributed by atoms with Gasteiger partial charge in [0.15, 0.2) is 0 Å². The number of carbonyl (C=O) groups is 1. The second-order valence-electron chi connectivity index (χ2n) is 4.83. The number of urea groups is 1. The van der Waals surface area contributed by atoms with E-state index in [4.69, 9.17) is 0 Å². The van der Waals surface area contributed by atoms with E-state index in [0.717, 1.165) is 24.8 Å². The minimum atomic E-state index is -0.266. The molecular weight excluding hydrogens is 228 g/mol. The second-order valence-corrected chi connectivity index (χ2v) is 4.83. The van der Waals surface area contributed by atoms with Gasteiger partial charge in [-0.2, -0.15) is 0 Å². The number of amides is 2. The molecule has 0 unspecified atom stereocenters. The molecular formula is C14H20N2O2. The lowest BCUT2D eigenvalue weighted by molar-refractivity contribution is 0.113. The quantitative estimate of drug-likeness (QED) is 0.763. The van der Waals surface area contributed by atoms with E-state index in [1.54, 1.807) is 0 Å². The number of aliphatic hydroxyl groups is 1. The molecule has 1 aromatic carbocycles. The van der Waals surface area contributed by atoms with Crippen molar-refractivity contribution in [1.29, 1.82) is 0 Å². The zero-order valence-corrected chi connectivity index (χ0v) is 10.4. The number of hydrogen-bond donors (Lipinski definition) is 3. The standard InChI is InChI=1S/C14H20N2O2/c17-13-8-4-7-12(9-13)16-14(18)15-10-11-5-2-1-3-6-11/h1-3,5-6,12-13,17H,4,7-10H2,(H2,15,16,18)/t12-,13-/m1/s1. The molecule has 0 saturated heterocycles. The summed E-state index contributed by atoms with van der Waals surface area (Å²) in [4.78, 5) is 11.7. The minimum absolute atomic E-state index is 0.101. The fourth-order valence-corrected chi connectivity index (χ4v) is 2.31. The van der Waals surface area contributed by atoms with Crippen LogP contribution in [0.4, 0.5) is 4.79 Å². The molecule has 1 aliphatic carbocycles. The molecule has 18 heavy (non-hydrogen) atoms. The van der Waals surface area contributed by atoms with Gasteiger partial charge in [-0.3, -0.25) is 0 Å². The maximum absolute atomic E-state index is 11.7. The predicted molar refractivity (Wildman–Crippen MR) is 70.1 cm³/mol. The molecule has 1 fully saturated rings. The molecule has 4 nitrogen and oxygen atoms in total. The highest BCUT2D eigenvalue weighted by Gasteiger charge is 2.21. The van der Waals surface area contributed by atoms with Crippen LogP contribution in [-0.2, 0) is 6.54 Å². The maximum Gasteiger partial charge on any atom is 0.315 e. The number of rotatable bonds is 3. The lowest BCUT2D eigenvalue weighted by atomic mass is 9.93. The summed E-state index contributed by atoms with van der Waals surface area (Å²) in [6, 6.07) is 9.75. The van der Waals surface area contributed by atoms with Crippen LogP contribution < -0.4 is 10.6 Å². The van der Waals surface area contributed by atoms with Crippen LogP contribution in [0.5, 0.6) is 0 Å². The molecule has 1 aromatic rings. The van der Waals surface area contributed by atoms with Gasteiger partial charge < -0.3 is 15.7 Å². The third-order valence-corrected chi connectivity index (χ3v) is 3.28. The zero-order chi connectivity index (χ0) is 12.8. The average molecular weight is 248 g/mol. The van der Waals surface area contributed by atoms with Crippen molar-refractivity contribution in [3.8, 4) is 0 Å². The van der Waals surface area contributed by atoms with Crippen molar-refractivity contribution in [2.24, 2.45) is 0 Å². The monoisotopic (exact) mass is 248 g/mol. The van der Waals surface area contributed by atoms with Gasteiger partial charge in [0.05, 0.1) is 6.10 Å². The lowest BCUT2D eigenvalue weighted by Crippen LogP contribution is -2.44. The number of aliphatic hydroxyl groups excluding tert-OH is 1. The molecule has 0 bridgehead atoms. The van der Waals surface area contributed by atoms with E-state index in [9.17, 15) is 9.90 Å². The van der Waals surface area contributed by atoms with E-state index >= 15 is 0 Å². The Labute approximate surface area is 107 Å². The van der Waals surface area contributed by atoms with Crippen LogP contribution in [0.1, 0.15) is 31.2 Å². The molecule has 2 rings (SSSR count). The normalized spacial score (nSPS) is 23.4. The van der Waals surface area contributed by atoms with Gasteiger partial charge >= 0.3 is 6.03 Å². The average Bonchev–Trinajstić information content (AvgIpc) is 2.38. The van der Waals surface area contributed by atoms with Crippen LogP contribution in [0.25, 0.3) is 0 Å². The van der Waals surface area contributed by atoms with Crippen molar-refractivity contribution in [1.82, 2.24) is 10.6 Å². The van der Waals surface area contributed by atoms with Crippen LogP contribution in [0.2, 0.25) is 0 Å². The summed E-state index contributed by atoms with van der Waals surface area (Å²) in [5.74, 6) is 0. The summed E-state index contributed by atoms with van der Waals surface area (Å²) in [6.07, 6.45) is 3.18. The zero-order valence-electron chi connectivity index (χ0n) is 10.4. The second kappa shape index (κ2) is 6.40. The molecule has 1 saturated carbocycles. The Morgan fingerprint density at radius 3 is 2.78 bits per heavy atom.